The van der Waals surface area contributed by atoms with Crippen molar-refractivity contribution in [2.24, 2.45) is 5.92 Å². The highest BCUT2D eigenvalue weighted by Crippen LogP contribution is 2.20. The number of nitrogens with zero attached hydrogens (tertiary/aromatic N) is 3. The molecule has 1 heterocycles. The molecule has 0 aliphatic heterocycles. The molecule has 0 unspecified atom stereocenters. The van der Waals surface area contributed by atoms with Crippen LogP contribution in [0.3, 0.4) is 0 Å². The Kier molecular flexibility index (Phi) is 6.94. The van der Waals surface area contributed by atoms with Gasteiger partial charge in [-0.25, -0.2) is 4.79 Å². The average Bonchev–Trinajstić information content (AvgIpc) is 2.99. The summed E-state index contributed by atoms with van der Waals surface area (Å²) in [6.07, 6.45) is 0.769. The van der Waals surface area contributed by atoms with Crippen LogP contribution < -0.4 is 4.74 Å². The fourth-order valence-electron chi connectivity index (χ4n) is 2.42. The second-order valence-electron chi connectivity index (χ2n) is 6.30. The molecule has 0 fully saturated rings. The van der Waals surface area contributed by atoms with Crippen LogP contribution in [-0.2, 0) is 24.3 Å². The molecule has 0 atom stereocenters. The van der Waals surface area contributed by atoms with Crippen molar-refractivity contribution in [3.05, 3.63) is 41.5 Å². The lowest BCUT2D eigenvalue weighted by molar-refractivity contribution is -0.139. The summed E-state index contributed by atoms with van der Waals surface area (Å²) in [6, 6.07) is 7.45. The summed E-state index contributed by atoms with van der Waals surface area (Å²) < 4.78 is 10.6. The van der Waals surface area contributed by atoms with Gasteiger partial charge in [0.15, 0.2) is 12.4 Å². The minimum Gasteiger partial charge on any atom is -0.482 e. The number of carboxylic acids is 1. The maximum atomic E-state index is 10.7. The van der Waals surface area contributed by atoms with Gasteiger partial charge < -0.3 is 14.4 Å². The average molecular weight is 347 g/mol. The molecule has 2 aromatic rings. The molecule has 1 aromatic carbocycles. The molecule has 0 aliphatic rings. The fraction of sp³-hybridized carbons (Fsp3) is 0.500. The molecule has 7 heteroatoms. The van der Waals surface area contributed by atoms with Gasteiger partial charge in [0.1, 0.15) is 5.75 Å². The van der Waals surface area contributed by atoms with E-state index in [1.54, 1.807) is 6.07 Å². The van der Waals surface area contributed by atoms with Crippen LogP contribution in [0.25, 0.3) is 0 Å². The van der Waals surface area contributed by atoms with Crippen molar-refractivity contribution >= 4 is 5.97 Å². The van der Waals surface area contributed by atoms with Gasteiger partial charge in [0.2, 0.25) is 5.89 Å². The van der Waals surface area contributed by atoms with Crippen molar-refractivity contribution in [3.8, 4) is 5.75 Å². The molecule has 0 amide bonds. The predicted molar refractivity (Wildman–Crippen MR) is 92.2 cm³/mol. The molecule has 136 valence electrons. The van der Waals surface area contributed by atoms with Gasteiger partial charge in [-0.05, 0) is 18.5 Å². The third-order valence-corrected chi connectivity index (χ3v) is 3.62. The molecule has 0 radical (unpaired) electrons. The summed E-state index contributed by atoms with van der Waals surface area (Å²) in [5, 5.41) is 12.8. The number of rotatable bonds is 10. The van der Waals surface area contributed by atoms with Gasteiger partial charge in [0.25, 0.3) is 0 Å². The van der Waals surface area contributed by atoms with Gasteiger partial charge in [-0.2, -0.15) is 4.98 Å². The van der Waals surface area contributed by atoms with Gasteiger partial charge in [0.05, 0.1) is 6.54 Å². The van der Waals surface area contributed by atoms with E-state index in [0.29, 0.717) is 36.5 Å². The lowest BCUT2D eigenvalue weighted by Gasteiger charge is -2.20. The Morgan fingerprint density at radius 2 is 2.08 bits per heavy atom. The Balaban J connectivity index is 2.02. The quantitative estimate of drug-likeness (QED) is 0.707. The van der Waals surface area contributed by atoms with Gasteiger partial charge >= 0.3 is 5.97 Å². The van der Waals surface area contributed by atoms with Crippen molar-refractivity contribution in [1.82, 2.24) is 15.0 Å². The van der Waals surface area contributed by atoms with Crippen LogP contribution in [0.4, 0.5) is 0 Å². The fourth-order valence-corrected chi connectivity index (χ4v) is 2.42. The molecule has 1 N–H and O–H groups in total. The maximum absolute atomic E-state index is 10.7. The number of carboxylic acid groups (broad SMARTS) is 1. The van der Waals surface area contributed by atoms with Crippen LogP contribution in [0.5, 0.6) is 5.75 Å². The number of hydrogen-bond acceptors (Lipinski definition) is 6. The SMILES string of the molecule is CCN(Cc1noc(CC(C)C)n1)Cc1ccccc1OCC(=O)O. The van der Waals surface area contributed by atoms with Crippen LogP contribution in [-0.4, -0.2) is 39.3 Å². The van der Waals surface area contributed by atoms with Gasteiger partial charge in [-0.1, -0.05) is 44.1 Å². The van der Waals surface area contributed by atoms with E-state index in [2.05, 4.69) is 35.8 Å². The topological polar surface area (TPSA) is 88.7 Å². The van der Waals surface area contributed by atoms with Crippen molar-refractivity contribution in [3.63, 3.8) is 0 Å². The molecule has 0 spiro atoms. The standard InChI is InChI=1S/C18H25N3O4/c1-4-21(11-16-19-17(25-20-16)9-13(2)3)10-14-7-5-6-8-15(14)24-12-18(22)23/h5-8,13H,4,9-12H2,1-3H3,(H,22,23). The number of ether oxygens (including phenoxy) is 1. The molecule has 1 aromatic heterocycles. The minimum absolute atomic E-state index is 0.355. The highest BCUT2D eigenvalue weighted by atomic mass is 16.5. The van der Waals surface area contributed by atoms with Crippen molar-refractivity contribution < 1.29 is 19.2 Å². The summed E-state index contributed by atoms with van der Waals surface area (Å²) in [7, 11) is 0. The van der Waals surface area contributed by atoms with Crippen LogP contribution in [0, 0.1) is 5.92 Å². The molecule has 0 bridgehead atoms. The van der Waals surface area contributed by atoms with Crippen LogP contribution in [0.2, 0.25) is 0 Å². The van der Waals surface area contributed by atoms with E-state index in [9.17, 15) is 4.79 Å². The van der Waals surface area contributed by atoms with E-state index in [1.165, 1.54) is 0 Å². The highest BCUT2D eigenvalue weighted by molar-refractivity contribution is 5.68. The summed E-state index contributed by atoms with van der Waals surface area (Å²) in [5.74, 6) is 1.37. The zero-order chi connectivity index (χ0) is 18.2. The molecule has 0 aliphatic carbocycles. The van der Waals surface area contributed by atoms with Gasteiger partial charge in [0, 0.05) is 18.5 Å². The zero-order valence-electron chi connectivity index (χ0n) is 14.9. The number of aromatic nitrogens is 2. The Labute approximate surface area is 147 Å². The Bertz CT molecular complexity index is 684. The molecular formula is C18H25N3O4. The second-order valence-corrected chi connectivity index (χ2v) is 6.30. The summed E-state index contributed by atoms with van der Waals surface area (Å²) in [5.41, 5.74) is 0.927. The molecule has 7 nitrogen and oxygen atoms in total. The van der Waals surface area contributed by atoms with Crippen molar-refractivity contribution in [2.75, 3.05) is 13.2 Å². The number of carbonyl (C=O) groups is 1. The lowest BCUT2D eigenvalue weighted by atomic mass is 10.1. The van der Waals surface area contributed by atoms with Crippen LogP contribution in [0.15, 0.2) is 28.8 Å². The lowest BCUT2D eigenvalue weighted by Crippen LogP contribution is -2.23. The van der Waals surface area contributed by atoms with Gasteiger partial charge in [-0.15, -0.1) is 0 Å². The first-order valence-electron chi connectivity index (χ1n) is 8.44. The predicted octanol–water partition coefficient (Wildman–Crippen LogP) is 2.75. The minimum atomic E-state index is -0.994. The first kappa shape index (κ1) is 18.9. The number of aliphatic carboxylic acids is 1. The highest BCUT2D eigenvalue weighted by Gasteiger charge is 2.14. The normalized spacial score (nSPS) is 11.2. The van der Waals surface area contributed by atoms with Crippen LogP contribution >= 0.6 is 0 Å². The molecule has 0 saturated heterocycles. The first-order valence-corrected chi connectivity index (χ1v) is 8.44. The number of benzene rings is 1. The maximum Gasteiger partial charge on any atom is 0.341 e. The number of hydrogen-bond donors (Lipinski definition) is 1. The van der Waals surface area contributed by atoms with E-state index < -0.39 is 5.97 Å². The Hall–Kier alpha value is -2.41. The Morgan fingerprint density at radius 1 is 1.32 bits per heavy atom. The summed E-state index contributed by atoms with van der Waals surface area (Å²) >= 11 is 0. The van der Waals surface area contributed by atoms with Gasteiger partial charge in [-0.3, -0.25) is 4.90 Å². The largest absolute Gasteiger partial charge is 0.482 e. The zero-order valence-corrected chi connectivity index (χ0v) is 14.9. The third-order valence-electron chi connectivity index (χ3n) is 3.62. The molecule has 0 saturated carbocycles. The van der Waals surface area contributed by atoms with E-state index in [4.69, 9.17) is 14.4 Å². The van der Waals surface area contributed by atoms with E-state index in [-0.39, 0.29) is 6.61 Å². The van der Waals surface area contributed by atoms with Crippen LogP contribution in [0.1, 0.15) is 38.0 Å². The smallest absolute Gasteiger partial charge is 0.341 e. The number of para-hydroxylation sites is 1. The second kappa shape index (κ2) is 9.17. The third kappa shape index (κ3) is 6.19. The van der Waals surface area contributed by atoms with E-state index in [0.717, 1.165) is 18.5 Å². The summed E-state index contributed by atoms with van der Waals surface area (Å²) in [6.45, 7) is 7.88. The van der Waals surface area contributed by atoms with Crippen molar-refractivity contribution in [2.45, 2.75) is 40.3 Å². The van der Waals surface area contributed by atoms with Crippen molar-refractivity contribution in [1.29, 1.82) is 0 Å². The van der Waals surface area contributed by atoms with E-state index in [1.807, 2.05) is 18.2 Å². The molecule has 25 heavy (non-hydrogen) atoms. The molecule has 2 rings (SSSR count). The summed E-state index contributed by atoms with van der Waals surface area (Å²) in [4.78, 5) is 17.3. The first-order chi connectivity index (χ1) is 12.0. The van der Waals surface area contributed by atoms with E-state index >= 15 is 0 Å². The molecular weight excluding hydrogens is 322 g/mol. The monoisotopic (exact) mass is 347 g/mol. The Morgan fingerprint density at radius 3 is 2.76 bits per heavy atom.